The number of ether oxygens (including phenoxy) is 1. The monoisotopic (exact) mass is 385 g/mol. The van der Waals surface area contributed by atoms with Crippen molar-refractivity contribution < 1.29 is 18.7 Å². The van der Waals surface area contributed by atoms with Gasteiger partial charge in [0.25, 0.3) is 5.91 Å². The lowest BCUT2D eigenvalue weighted by Gasteiger charge is -2.19. The molecule has 4 nitrogen and oxygen atoms in total. The number of esters is 1. The highest BCUT2D eigenvalue weighted by Crippen LogP contribution is 2.19. The number of hydrogen-bond acceptors (Lipinski definition) is 3. The van der Waals surface area contributed by atoms with Crippen molar-refractivity contribution in [1.29, 1.82) is 0 Å². The lowest BCUT2D eigenvalue weighted by molar-refractivity contribution is -0.129. The molecule has 0 saturated heterocycles. The van der Waals surface area contributed by atoms with E-state index in [0.717, 1.165) is 25.7 Å². The van der Waals surface area contributed by atoms with Gasteiger partial charge in [-0.2, -0.15) is 0 Å². The van der Waals surface area contributed by atoms with Gasteiger partial charge in [0.15, 0.2) is 6.10 Å². The van der Waals surface area contributed by atoms with E-state index in [-0.39, 0.29) is 17.5 Å². The number of carbonyl (C=O) groups excluding carboxylic acids is 2. The Kier molecular flexibility index (Phi) is 6.57. The van der Waals surface area contributed by atoms with Gasteiger partial charge in [-0.25, -0.2) is 9.18 Å². The molecule has 0 unspecified atom stereocenters. The first-order valence-corrected chi connectivity index (χ1v) is 8.73. The molecule has 0 spiro atoms. The molecule has 0 aliphatic heterocycles. The third kappa shape index (κ3) is 5.30. The number of amides is 1. The molecule has 0 aromatic heterocycles. The fraction of sp³-hybridized carbons (Fsp3) is 0.529. The number of hydrogen-bond donors (Lipinski definition) is 1. The van der Waals surface area contributed by atoms with Gasteiger partial charge in [0.1, 0.15) is 5.82 Å². The highest BCUT2D eigenvalue weighted by atomic mass is 79.9. The summed E-state index contributed by atoms with van der Waals surface area (Å²) in [5.74, 6) is -1.84. The molecule has 0 heterocycles. The molecule has 1 aliphatic rings. The van der Waals surface area contributed by atoms with Crippen molar-refractivity contribution in [3.8, 4) is 0 Å². The predicted molar refractivity (Wildman–Crippen MR) is 88.6 cm³/mol. The third-order valence-electron chi connectivity index (χ3n) is 4.00. The van der Waals surface area contributed by atoms with Crippen molar-refractivity contribution in [2.24, 2.45) is 0 Å². The molecule has 1 fully saturated rings. The number of rotatable bonds is 4. The Hall–Kier alpha value is -1.43. The SMILES string of the molecule is C[C@@H](OC(=O)c1cc(Br)ccc1F)C(=O)NC1CCCCCC1. The van der Waals surface area contributed by atoms with Crippen LogP contribution in [0.15, 0.2) is 22.7 Å². The topological polar surface area (TPSA) is 55.4 Å². The summed E-state index contributed by atoms with van der Waals surface area (Å²) in [7, 11) is 0. The standard InChI is InChI=1S/C17H21BrFNO3/c1-11(16(21)20-13-6-4-2-3-5-7-13)23-17(22)14-10-12(18)8-9-15(14)19/h8-11,13H,2-7H2,1H3,(H,20,21)/t11-/m1/s1. The van der Waals surface area contributed by atoms with Gasteiger partial charge in [-0.3, -0.25) is 4.79 Å². The van der Waals surface area contributed by atoms with Crippen molar-refractivity contribution in [1.82, 2.24) is 5.32 Å². The zero-order valence-corrected chi connectivity index (χ0v) is 14.7. The van der Waals surface area contributed by atoms with E-state index in [2.05, 4.69) is 21.2 Å². The minimum atomic E-state index is -0.955. The summed E-state index contributed by atoms with van der Waals surface area (Å²) in [5, 5.41) is 2.92. The van der Waals surface area contributed by atoms with Crippen LogP contribution in [0.4, 0.5) is 4.39 Å². The van der Waals surface area contributed by atoms with Crippen LogP contribution in [0.5, 0.6) is 0 Å². The van der Waals surface area contributed by atoms with Crippen LogP contribution in [0, 0.1) is 5.82 Å². The maximum absolute atomic E-state index is 13.7. The van der Waals surface area contributed by atoms with Gasteiger partial charge in [-0.15, -0.1) is 0 Å². The van der Waals surface area contributed by atoms with E-state index >= 15 is 0 Å². The quantitative estimate of drug-likeness (QED) is 0.629. The fourth-order valence-electron chi connectivity index (χ4n) is 2.67. The highest BCUT2D eigenvalue weighted by Gasteiger charge is 2.23. The lowest BCUT2D eigenvalue weighted by Crippen LogP contribution is -2.41. The molecule has 1 N–H and O–H groups in total. The molecular formula is C17H21BrFNO3. The average molecular weight is 386 g/mol. The molecule has 0 bridgehead atoms. The Balaban J connectivity index is 1.92. The summed E-state index contributed by atoms with van der Waals surface area (Å²) in [5.41, 5.74) is -0.187. The molecule has 1 aromatic rings. The number of carbonyl (C=O) groups is 2. The van der Waals surface area contributed by atoms with Crippen molar-refractivity contribution in [2.75, 3.05) is 0 Å². The minimum Gasteiger partial charge on any atom is -0.449 e. The van der Waals surface area contributed by atoms with Crippen LogP contribution < -0.4 is 5.32 Å². The van der Waals surface area contributed by atoms with Crippen LogP contribution in [-0.2, 0) is 9.53 Å². The molecule has 1 amide bonds. The van der Waals surface area contributed by atoms with Crippen LogP contribution in [0.2, 0.25) is 0 Å². The Bertz CT molecular complexity index is 571. The van der Waals surface area contributed by atoms with Crippen LogP contribution in [0.25, 0.3) is 0 Å². The molecule has 1 aromatic carbocycles. The zero-order valence-electron chi connectivity index (χ0n) is 13.1. The summed E-state index contributed by atoms with van der Waals surface area (Å²) in [6.45, 7) is 1.50. The Morgan fingerprint density at radius 3 is 2.57 bits per heavy atom. The second-order valence-electron chi connectivity index (χ2n) is 5.87. The molecular weight excluding hydrogens is 365 g/mol. The Labute approximate surface area is 143 Å². The highest BCUT2D eigenvalue weighted by molar-refractivity contribution is 9.10. The van der Waals surface area contributed by atoms with Gasteiger partial charge in [0.05, 0.1) is 5.56 Å². The van der Waals surface area contributed by atoms with Gasteiger partial charge >= 0.3 is 5.97 Å². The minimum absolute atomic E-state index is 0.133. The number of nitrogens with one attached hydrogen (secondary N) is 1. The summed E-state index contributed by atoms with van der Waals surface area (Å²) in [6.07, 6.45) is 5.53. The van der Waals surface area contributed by atoms with Crippen LogP contribution in [0.1, 0.15) is 55.8 Å². The van der Waals surface area contributed by atoms with Gasteiger partial charge < -0.3 is 10.1 Å². The van der Waals surface area contributed by atoms with E-state index < -0.39 is 17.9 Å². The third-order valence-corrected chi connectivity index (χ3v) is 4.50. The van der Waals surface area contributed by atoms with Crippen molar-refractivity contribution >= 4 is 27.8 Å². The predicted octanol–water partition coefficient (Wildman–Crippen LogP) is 3.97. The molecule has 0 radical (unpaired) electrons. The summed E-state index contributed by atoms with van der Waals surface area (Å²) in [4.78, 5) is 24.2. The molecule has 1 aliphatic carbocycles. The largest absolute Gasteiger partial charge is 0.449 e. The average Bonchev–Trinajstić information content (AvgIpc) is 2.78. The van der Waals surface area contributed by atoms with E-state index in [1.54, 1.807) is 0 Å². The van der Waals surface area contributed by atoms with E-state index in [1.165, 1.54) is 38.0 Å². The van der Waals surface area contributed by atoms with Crippen molar-refractivity contribution in [3.63, 3.8) is 0 Å². The molecule has 2 rings (SSSR count). The van der Waals surface area contributed by atoms with Crippen molar-refractivity contribution in [2.45, 2.75) is 57.6 Å². The second kappa shape index (κ2) is 8.43. The van der Waals surface area contributed by atoms with Gasteiger partial charge in [0.2, 0.25) is 0 Å². The number of halogens is 2. The molecule has 1 saturated carbocycles. The van der Waals surface area contributed by atoms with Gasteiger partial charge in [0, 0.05) is 10.5 Å². The summed E-state index contributed by atoms with van der Waals surface area (Å²) < 4.78 is 19.3. The first-order chi connectivity index (χ1) is 11.0. The van der Waals surface area contributed by atoms with Gasteiger partial charge in [-0.05, 0) is 38.0 Å². The zero-order chi connectivity index (χ0) is 16.8. The van der Waals surface area contributed by atoms with E-state index in [9.17, 15) is 14.0 Å². The molecule has 126 valence electrons. The van der Waals surface area contributed by atoms with Crippen molar-refractivity contribution in [3.05, 3.63) is 34.1 Å². The van der Waals surface area contributed by atoms with Crippen LogP contribution in [0.3, 0.4) is 0 Å². The normalized spacial score (nSPS) is 17.2. The Morgan fingerprint density at radius 2 is 1.91 bits per heavy atom. The smallest absolute Gasteiger partial charge is 0.341 e. The first kappa shape index (κ1) is 17.9. The summed E-state index contributed by atoms with van der Waals surface area (Å²) >= 11 is 3.18. The Morgan fingerprint density at radius 1 is 1.26 bits per heavy atom. The van der Waals surface area contributed by atoms with E-state index in [4.69, 9.17) is 4.74 Å². The van der Waals surface area contributed by atoms with E-state index in [1.807, 2.05) is 0 Å². The van der Waals surface area contributed by atoms with Crippen LogP contribution in [-0.4, -0.2) is 24.0 Å². The number of benzene rings is 1. The van der Waals surface area contributed by atoms with Gasteiger partial charge in [-0.1, -0.05) is 41.6 Å². The molecule has 23 heavy (non-hydrogen) atoms. The molecule has 6 heteroatoms. The maximum atomic E-state index is 13.7. The molecule has 1 atom stereocenters. The maximum Gasteiger partial charge on any atom is 0.341 e. The lowest BCUT2D eigenvalue weighted by atomic mass is 10.1. The van der Waals surface area contributed by atoms with Crippen LogP contribution >= 0.6 is 15.9 Å². The first-order valence-electron chi connectivity index (χ1n) is 7.94. The summed E-state index contributed by atoms with van der Waals surface area (Å²) in [6, 6.07) is 4.15. The fourth-order valence-corrected chi connectivity index (χ4v) is 3.03. The van der Waals surface area contributed by atoms with E-state index in [0.29, 0.717) is 4.47 Å². The second-order valence-corrected chi connectivity index (χ2v) is 6.78.